The predicted molar refractivity (Wildman–Crippen MR) is 61.6 cm³/mol. The number of anilines is 1. The van der Waals surface area contributed by atoms with Gasteiger partial charge in [0.2, 0.25) is 5.91 Å². The van der Waals surface area contributed by atoms with E-state index in [0.717, 1.165) is 17.7 Å². The highest BCUT2D eigenvalue weighted by Gasteiger charge is 2.26. The number of carbonyl (C=O) groups is 1. The highest BCUT2D eigenvalue weighted by atomic mass is 35.5. The fourth-order valence-corrected chi connectivity index (χ4v) is 2.45. The molecule has 5 heteroatoms. The second kappa shape index (κ2) is 4.00. The number of benzene rings is 1. The zero-order valence-electron chi connectivity index (χ0n) is 7.96. The molecule has 0 atom stereocenters. The first-order valence-corrected chi connectivity index (χ1v) is 5.37. The Balaban J connectivity index is 2.46. The number of hydrogen-bond acceptors (Lipinski definition) is 2. The normalized spacial score (nSPS) is 14.2. The fraction of sp³-hybridized carbons (Fsp3) is 0.300. The van der Waals surface area contributed by atoms with Crippen LogP contribution in [-0.2, 0) is 11.2 Å². The maximum Gasteiger partial charge on any atom is 0.240 e. The molecule has 1 aromatic carbocycles. The summed E-state index contributed by atoms with van der Waals surface area (Å²) in [5, 5.41) is 1.11. The first kappa shape index (κ1) is 10.7. The molecule has 0 saturated carbocycles. The van der Waals surface area contributed by atoms with Crippen molar-refractivity contribution in [3.8, 4) is 0 Å². The van der Waals surface area contributed by atoms with Gasteiger partial charge in [-0.1, -0.05) is 23.2 Å². The van der Waals surface area contributed by atoms with Gasteiger partial charge in [-0.25, -0.2) is 0 Å². The van der Waals surface area contributed by atoms with Gasteiger partial charge >= 0.3 is 0 Å². The van der Waals surface area contributed by atoms with Gasteiger partial charge in [0, 0.05) is 11.6 Å². The number of amides is 1. The lowest BCUT2D eigenvalue weighted by Crippen LogP contribution is -2.34. The fourth-order valence-electron chi connectivity index (χ4n) is 1.82. The second-order valence-electron chi connectivity index (χ2n) is 3.39. The van der Waals surface area contributed by atoms with Gasteiger partial charge in [-0.3, -0.25) is 4.79 Å². The van der Waals surface area contributed by atoms with E-state index in [1.807, 2.05) is 6.07 Å². The van der Waals surface area contributed by atoms with Crippen LogP contribution in [0.3, 0.4) is 0 Å². The van der Waals surface area contributed by atoms with Crippen molar-refractivity contribution in [1.29, 1.82) is 0 Å². The van der Waals surface area contributed by atoms with Crippen molar-refractivity contribution in [2.24, 2.45) is 5.73 Å². The van der Waals surface area contributed by atoms with Gasteiger partial charge in [-0.15, -0.1) is 0 Å². The Labute approximate surface area is 97.8 Å². The molecule has 0 radical (unpaired) electrons. The summed E-state index contributed by atoms with van der Waals surface area (Å²) in [5.41, 5.74) is 7.10. The maximum atomic E-state index is 11.5. The SMILES string of the molecule is NCC(=O)N1CCc2cc(Cl)cc(Cl)c21. The topological polar surface area (TPSA) is 46.3 Å². The summed E-state index contributed by atoms with van der Waals surface area (Å²) in [6.45, 7) is 0.629. The molecule has 3 nitrogen and oxygen atoms in total. The third kappa shape index (κ3) is 1.83. The number of fused-ring (bicyclic) bond motifs is 1. The molecule has 0 bridgehead atoms. The van der Waals surface area contributed by atoms with E-state index >= 15 is 0 Å². The minimum Gasteiger partial charge on any atom is -0.322 e. The van der Waals surface area contributed by atoms with Gasteiger partial charge < -0.3 is 10.6 Å². The summed E-state index contributed by atoms with van der Waals surface area (Å²) in [4.78, 5) is 13.1. The first-order valence-electron chi connectivity index (χ1n) is 4.62. The maximum absolute atomic E-state index is 11.5. The van der Waals surface area contributed by atoms with Crippen LogP contribution < -0.4 is 10.6 Å². The molecular formula is C10H10Cl2N2O. The van der Waals surface area contributed by atoms with Crippen LogP contribution in [-0.4, -0.2) is 19.0 Å². The van der Waals surface area contributed by atoms with Crippen molar-refractivity contribution in [1.82, 2.24) is 0 Å². The smallest absolute Gasteiger partial charge is 0.240 e. The van der Waals surface area contributed by atoms with Crippen LogP contribution >= 0.6 is 23.2 Å². The van der Waals surface area contributed by atoms with Gasteiger partial charge in [0.1, 0.15) is 0 Å². The van der Waals surface area contributed by atoms with Gasteiger partial charge in [-0.2, -0.15) is 0 Å². The van der Waals surface area contributed by atoms with E-state index in [2.05, 4.69) is 0 Å². The number of rotatable bonds is 1. The lowest BCUT2D eigenvalue weighted by atomic mass is 10.2. The zero-order chi connectivity index (χ0) is 11.0. The second-order valence-corrected chi connectivity index (χ2v) is 4.24. The molecule has 0 saturated heterocycles. The van der Waals surface area contributed by atoms with E-state index < -0.39 is 0 Å². The Morgan fingerprint density at radius 3 is 2.87 bits per heavy atom. The van der Waals surface area contributed by atoms with Gasteiger partial charge in [0.05, 0.1) is 17.3 Å². The molecule has 1 amide bonds. The summed E-state index contributed by atoms with van der Waals surface area (Å²) in [6, 6.07) is 3.48. The molecule has 0 spiro atoms. The first-order chi connectivity index (χ1) is 7.13. The van der Waals surface area contributed by atoms with E-state index in [0.29, 0.717) is 16.6 Å². The van der Waals surface area contributed by atoms with Crippen LogP contribution in [0, 0.1) is 0 Å². The zero-order valence-corrected chi connectivity index (χ0v) is 9.48. The van der Waals surface area contributed by atoms with E-state index in [1.54, 1.807) is 11.0 Å². The van der Waals surface area contributed by atoms with Crippen molar-refractivity contribution >= 4 is 34.8 Å². The van der Waals surface area contributed by atoms with Crippen molar-refractivity contribution in [3.05, 3.63) is 27.7 Å². The summed E-state index contributed by atoms with van der Waals surface area (Å²) in [5.74, 6) is -0.113. The lowest BCUT2D eigenvalue weighted by molar-refractivity contribution is -0.117. The van der Waals surface area contributed by atoms with E-state index in [-0.39, 0.29) is 12.5 Å². The Hall–Kier alpha value is -0.770. The highest BCUT2D eigenvalue weighted by Crippen LogP contribution is 2.37. The van der Waals surface area contributed by atoms with Crippen LogP contribution in [0.1, 0.15) is 5.56 Å². The quantitative estimate of drug-likeness (QED) is 0.820. The average molecular weight is 245 g/mol. The number of nitrogens with zero attached hydrogens (tertiary/aromatic N) is 1. The summed E-state index contributed by atoms with van der Waals surface area (Å²) >= 11 is 11.9. The lowest BCUT2D eigenvalue weighted by Gasteiger charge is -2.17. The highest BCUT2D eigenvalue weighted by molar-refractivity contribution is 6.37. The van der Waals surface area contributed by atoms with Crippen LogP contribution in [0.2, 0.25) is 10.0 Å². The van der Waals surface area contributed by atoms with Gasteiger partial charge in [0.15, 0.2) is 0 Å². The molecule has 0 aliphatic carbocycles. The van der Waals surface area contributed by atoms with Crippen LogP contribution in [0.5, 0.6) is 0 Å². The Morgan fingerprint density at radius 1 is 1.47 bits per heavy atom. The number of hydrogen-bond donors (Lipinski definition) is 1. The molecule has 0 fully saturated rings. The molecule has 2 N–H and O–H groups in total. The Kier molecular flexibility index (Phi) is 2.87. The standard InChI is InChI=1S/C10H10Cl2N2O/c11-7-3-6-1-2-14(9(15)5-13)10(6)8(12)4-7/h3-4H,1-2,5,13H2. The Morgan fingerprint density at radius 2 is 2.20 bits per heavy atom. The van der Waals surface area contributed by atoms with E-state index in [1.165, 1.54) is 0 Å². The van der Waals surface area contributed by atoms with Crippen molar-refractivity contribution in [3.63, 3.8) is 0 Å². The molecule has 0 unspecified atom stereocenters. The minimum absolute atomic E-state index is 0.00159. The van der Waals surface area contributed by atoms with E-state index in [9.17, 15) is 4.79 Å². The summed E-state index contributed by atoms with van der Waals surface area (Å²) in [6.07, 6.45) is 0.779. The largest absolute Gasteiger partial charge is 0.322 e. The predicted octanol–water partition coefficient (Wildman–Crippen LogP) is 1.84. The molecule has 2 rings (SSSR count). The molecule has 1 aromatic rings. The van der Waals surface area contributed by atoms with Gasteiger partial charge in [0.25, 0.3) is 0 Å². The molecule has 0 aromatic heterocycles. The van der Waals surface area contributed by atoms with Crippen molar-refractivity contribution < 1.29 is 4.79 Å². The van der Waals surface area contributed by atoms with Crippen LogP contribution in [0.15, 0.2) is 12.1 Å². The van der Waals surface area contributed by atoms with Crippen molar-refractivity contribution in [2.75, 3.05) is 18.0 Å². The minimum atomic E-state index is -0.113. The molecule has 1 aliphatic rings. The molecule has 1 heterocycles. The van der Waals surface area contributed by atoms with Crippen molar-refractivity contribution in [2.45, 2.75) is 6.42 Å². The van der Waals surface area contributed by atoms with E-state index in [4.69, 9.17) is 28.9 Å². The third-order valence-electron chi connectivity index (χ3n) is 2.46. The molecular weight excluding hydrogens is 235 g/mol. The number of halogens is 2. The third-order valence-corrected chi connectivity index (χ3v) is 2.96. The summed E-state index contributed by atoms with van der Waals surface area (Å²) in [7, 11) is 0. The van der Waals surface area contributed by atoms with Crippen LogP contribution in [0.4, 0.5) is 5.69 Å². The molecule has 15 heavy (non-hydrogen) atoms. The molecule has 80 valence electrons. The van der Waals surface area contributed by atoms with Crippen LogP contribution in [0.25, 0.3) is 0 Å². The molecule has 1 aliphatic heterocycles. The number of nitrogens with two attached hydrogens (primary N) is 1. The average Bonchev–Trinajstić information content (AvgIpc) is 2.60. The Bertz CT molecular complexity index is 420. The number of carbonyl (C=O) groups excluding carboxylic acids is 1. The monoisotopic (exact) mass is 244 g/mol. The summed E-state index contributed by atoms with van der Waals surface area (Å²) < 4.78 is 0. The van der Waals surface area contributed by atoms with Gasteiger partial charge in [-0.05, 0) is 24.1 Å².